The lowest BCUT2D eigenvalue weighted by molar-refractivity contribution is 0.309. The van der Waals surface area contributed by atoms with Gasteiger partial charge in [0.2, 0.25) is 0 Å². The molecule has 0 aliphatic rings. The Hall–Kier alpha value is -0.470. The second kappa shape index (κ2) is 4.36. The quantitative estimate of drug-likeness (QED) is 0.487. The molecule has 0 spiro atoms. The topological polar surface area (TPSA) is 9.23 Å². The van der Waals surface area contributed by atoms with Gasteiger partial charge in [-0.05, 0) is 12.1 Å². The first kappa shape index (κ1) is 7.63. The lowest BCUT2D eigenvalue weighted by atomic mass is 10.4. The van der Waals surface area contributed by atoms with E-state index >= 15 is 0 Å². The monoisotopic (exact) mass is 153 g/mol. The fourth-order valence-electron chi connectivity index (χ4n) is 0.626. The van der Waals surface area contributed by atoms with Crippen LogP contribution in [0, 0.1) is 7.11 Å². The van der Waals surface area contributed by atoms with E-state index in [1.807, 2.05) is 30.3 Å². The summed E-state index contributed by atoms with van der Waals surface area (Å²) >= 11 is 1.64. The Balaban J connectivity index is 2.43. The Morgan fingerprint density at radius 1 is 1.30 bits per heavy atom. The van der Waals surface area contributed by atoms with E-state index in [-0.39, 0.29) is 0 Å². The Morgan fingerprint density at radius 3 is 2.60 bits per heavy atom. The molecule has 0 aliphatic carbocycles. The second-order valence-electron chi connectivity index (χ2n) is 1.78. The van der Waals surface area contributed by atoms with Crippen molar-refractivity contribution in [2.45, 2.75) is 4.90 Å². The van der Waals surface area contributed by atoms with Gasteiger partial charge < -0.3 is 4.74 Å². The largest absolute Gasteiger partial charge is 0.368 e. The van der Waals surface area contributed by atoms with Gasteiger partial charge in [0, 0.05) is 4.90 Å². The maximum absolute atomic E-state index is 4.66. The van der Waals surface area contributed by atoms with Crippen molar-refractivity contribution >= 4 is 11.8 Å². The molecule has 1 rings (SSSR count). The van der Waals surface area contributed by atoms with Crippen LogP contribution in [-0.2, 0) is 4.74 Å². The number of benzene rings is 1. The molecule has 0 aromatic heterocycles. The Kier molecular flexibility index (Phi) is 3.33. The highest BCUT2D eigenvalue weighted by molar-refractivity contribution is 7.99. The zero-order valence-electron chi connectivity index (χ0n) is 5.62. The Morgan fingerprint density at radius 2 is 2.00 bits per heavy atom. The molecule has 1 aromatic carbocycles. The van der Waals surface area contributed by atoms with Crippen molar-refractivity contribution in [2.75, 3.05) is 5.94 Å². The zero-order chi connectivity index (χ0) is 7.23. The lowest BCUT2D eigenvalue weighted by Gasteiger charge is -1.96. The van der Waals surface area contributed by atoms with Gasteiger partial charge in [-0.1, -0.05) is 30.0 Å². The first-order valence-electron chi connectivity index (χ1n) is 2.98. The van der Waals surface area contributed by atoms with Gasteiger partial charge in [0.25, 0.3) is 0 Å². The standard InChI is InChI=1S/C8H9OS/c1-9-7-10-8-5-3-2-4-6-8/h2-6H,1,7H2. The maximum atomic E-state index is 4.66. The van der Waals surface area contributed by atoms with Crippen LogP contribution in [-0.4, -0.2) is 5.94 Å². The molecule has 0 N–H and O–H groups in total. The predicted octanol–water partition coefficient (Wildman–Crippen LogP) is 2.54. The molecule has 0 bridgehead atoms. The number of hydrogen-bond donors (Lipinski definition) is 0. The van der Waals surface area contributed by atoms with E-state index in [1.54, 1.807) is 11.8 Å². The van der Waals surface area contributed by atoms with Gasteiger partial charge in [0.05, 0.1) is 13.0 Å². The van der Waals surface area contributed by atoms with Crippen molar-refractivity contribution in [1.82, 2.24) is 0 Å². The van der Waals surface area contributed by atoms with Gasteiger partial charge in [-0.3, -0.25) is 0 Å². The Bertz CT molecular complexity index is 174. The average molecular weight is 153 g/mol. The third-order valence-electron chi connectivity index (χ3n) is 1.05. The van der Waals surface area contributed by atoms with Crippen molar-refractivity contribution in [3.05, 3.63) is 37.4 Å². The average Bonchev–Trinajstić information content (AvgIpc) is 2.03. The fourth-order valence-corrected chi connectivity index (χ4v) is 1.20. The summed E-state index contributed by atoms with van der Waals surface area (Å²) in [6.07, 6.45) is 0. The SMILES string of the molecule is [CH2]OCSc1ccccc1. The number of rotatable bonds is 3. The Labute approximate surface area is 65.4 Å². The van der Waals surface area contributed by atoms with Crippen molar-refractivity contribution < 1.29 is 4.74 Å². The third kappa shape index (κ3) is 2.42. The molecule has 53 valence electrons. The van der Waals surface area contributed by atoms with E-state index in [1.165, 1.54) is 4.90 Å². The number of ether oxygens (including phenoxy) is 1. The van der Waals surface area contributed by atoms with Gasteiger partial charge in [-0.15, -0.1) is 0 Å². The van der Waals surface area contributed by atoms with Crippen LogP contribution in [0.25, 0.3) is 0 Å². The third-order valence-corrected chi connectivity index (χ3v) is 1.94. The summed E-state index contributed by atoms with van der Waals surface area (Å²) in [7, 11) is 3.28. The molecule has 0 saturated carbocycles. The van der Waals surface area contributed by atoms with E-state index in [9.17, 15) is 0 Å². The summed E-state index contributed by atoms with van der Waals surface area (Å²) in [5.74, 6) is 0.615. The first-order valence-corrected chi connectivity index (χ1v) is 3.97. The van der Waals surface area contributed by atoms with Crippen LogP contribution < -0.4 is 0 Å². The van der Waals surface area contributed by atoms with Crippen molar-refractivity contribution in [2.24, 2.45) is 0 Å². The van der Waals surface area contributed by atoms with Gasteiger partial charge in [0.15, 0.2) is 0 Å². The minimum absolute atomic E-state index is 0.615. The zero-order valence-corrected chi connectivity index (χ0v) is 6.43. The van der Waals surface area contributed by atoms with E-state index in [0.29, 0.717) is 5.94 Å². The number of hydrogen-bond acceptors (Lipinski definition) is 2. The van der Waals surface area contributed by atoms with Crippen molar-refractivity contribution in [3.63, 3.8) is 0 Å². The van der Waals surface area contributed by atoms with Crippen LogP contribution >= 0.6 is 11.8 Å². The summed E-state index contributed by atoms with van der Waals surface area (Å²) in [5, 5.41) is 0. The summed E-state index contributed by atoms with van der Waals surface area (Å²) in [5.41, 5.74) is 0. The second-order valence-corrected chi connectivity index (χ2v) is 2.78. The molecule has 0 heterocycles. The highest BCUT2D eigenvalue weighted by Crippen LogP contribution is 2.15. The molecule has 1 radical (unpaired) electrons. The van der Waals surface area contributed by atoms with E-state index < -0.39 is 0 Å². The molecule has 0 fully saturated rings. The molecule has 0 atom stereocenters. The van der Waals surface area contributed by atoms with E-state index in [4.69, 9.17) is 0 Å². The minimum atomic E-state index is 0.615. The van der Waals surface area contributed by atoms with Gasteiger partial charge in [-0.25, -0.2) is 0 Å². The minimum Gasteiger partial charge on any atom is -0.368 e. The molecule has 0 saturated heterocycles. The highest BCUT2D eigenvalue weighted by atomic mass is 32.2. The summed E-state index contributed by atoms with van der Waals surface area (Å²) in [6, 6.07) is 10.1. The molecule has 10 heavy (non-hydrogen) atoms. The molecule has 1 aromatic rings. The molecular formula is C8H9OS. The lowest BCUT2D eigenvalue weighted by Crippen LogP contribution is -1.77. The molecule has 0 aliphatic heterocycles. The highest BCUT2D eigenvalue weighted by Gasteiger charge is 1.87. The summed E-state index contributed by atoms with van der Waals surface area (Å²) in [6.45, 7) is 0. The predicted molar refractivity (Wildman–Crippen MR) is 43.6 cm³/mol. The van der Waals surface area contributed by atoms with Crippen LogP contribution in [0.4, 0.5) is 0 Å². The molecule has 2 heteroatoms. The van der Waals surface area contributed by atoms with Crippen molar-refractivity contribution in [3.8, 4) is 0 Å². The van der Waals surface area contributed by atoms with Crippen LogP contribution in [0.2, 0.25) is 0 Å². The number of thioether (sulfide) groups is 1. The first-order chi connectivity index (χ1) is 4.93. The van der Waals surface area contributed by atoms with Gasteiger partial charge in [0.1, 0.15) is 0 Å². The molecule has 1 nitrogen and oxygen atoms in total. The molecule has 0 amide bonds. The van der Waals surface area contributed by atoms with Gasteiger partial charge in [-0.2, -0.15) is 0 Å². The molecule has 0 unspecified atom stereocenters. The van der Waals surface area contributed by atoms with Crippen LogP contribution in [0.15, 0.2) is 35.2 Å². The van der Waals surface area contributed by atoms with E-state index in [2.05, 4.69) is 11.8 Å². The van der Waals surface area contributed by atoms with Crippen LogP contribution in [0.1, 0.15) is 0 Å². The summed E-state index contributed by atoms with van der Waals surface area (Å²) in [4.78, 5) is 1.21. The van der Waals surface area contributed by atoms with Crippen molar-refractivity contribution in [1.29, 1.82) is 0 Å². The normalized spacial score (nSPS) is 9.70. The smallest absolute Gasteiger partial charge is 0.0968 e. The maximum Gasteiger partial charge on any atom is 0.0968 e. The molecular weight excluding hydrogens is 144 g/mol. The van der Waals surface area contributed by atoms with Gasteiger partial charge >= 0.3 is 0 Å². The summed E-state index contributed by atoms with van der Waals surface area (Å²) < 4.78 is 4.66. The fraction of sp³-hybridized carbons (Fsp3) is 0.125. The van der Waals surface area contributed by atoms with Crippen LogP contribution in [0.5, 0.6) is 0 Å². The van der Waals surface area contributed by atoms with E-state index in [0.717, 1.165) is 0 Å². The van der Waals surface area contributed by atoms with Crippen LogP contribution in [0.3, 0.4) is 0 Å².